The van der Waals surface area contributed by atoms with Crippen molar-refractivity contribution in [2.75, 3.05) is 31.9 Å². The van der Waals surface area contributed by atoms with Gasteiger partial charge >= 0.3 is 6.09 Å². The fraction of sp³-hybridized carbons (Fsp3) is 0.579. The molecule has 1 amide bonds. The average Bonchev–Trinajstić information content (AvgIpc) is 2.60. The smallest absolute Gasteiger partial charge is 0.407 e. The average molecular weight is 413 g/mol. The highest BCUT2D eigenvalue weighted by atomic mass is 32.2. The fourth-order valence-corrected chi connectivity index (χ4v) is 3.34. The standard InChI is InChI=1S/C19H32N4O4S/c1-5-20-17(21-12-9-13-23-18(24)27-19(2,3)4)22-14-15-28(25,26)16-10-7-6-8-11-16/h6-8,10-11H,5,9,12-15H2,1-4H3,(H,23,24)(H2,20,21,22). The maximum absolute atomic E-state index is 12.3. The van der Waals surface area contributed by atoms with Crippen molar-refractivity contribution in [1.29, 1.82) is 0 Å². The molecule has 0 aliphatic rings. The molecule has 0 aliphatic carbocycles. The van der Waals surface area contributed by atoms with Crippen LogP contribution < -0.4 is 16.0 Å². The summed E-state index contributed by atoms with van der Waals surface area (Å²) in [5, 5.41) is 8.77. The number of nitrogens with one attached hydrogen (secondary N) is 3. The number of aliphatic imine (C=N–C) groups is 1. The number of carbonyl (C=O) groups is 1. The summed E-state index contributed by atoms with van der Waals surface area (Å²) < 4.78 is 29.7. The minimum atomic E-state index is -3.33. The van der Waals surface area contributed by atoms with Crippen molar-refractivity contribution in [3.63, 3.8) is 0 Å². The van der Waals surface area contributed by atoms with E-state index in [0.717, 1.165) is 0 Å². The van der Waals surface area contributed by atoms with E-state index in [-0.39, 0.29) is 12.3 Å². The summed E-state index contributed by atoms with van der Waals surface area (Å²) in [6.07, 6.45) is 0.186. The summed E-state index contributed by atoms with van der Waals surface area (Å²) in [7, 11) is -3.33. The first-order valence-corrected chi connectivity index (χ1v) is 11.1. The van der Waals surface area contributed by atoms with Crippen molar-refractivity contribution in [3.05, 3.63) is 30.3 Å². The second-order valence-corrected chi connectivity index (χ2v) is 9.21. The Hall–Kier alpha value is -2.29. The van der Waals surface area contributed by atoms with Crippen LogP contribution in [0.25, 0.3) is 0 Å². The second-order valence-electron chi connectivity index (χ2n) is 7.10. The van der Waals surface area contributed by atoms with Crippen molar-refractivity contribution in [1.82, 2.24) is 16.0 Å². The first-order valence-electron chi connectivity index (χ1n) is 9.41. The van der Waals surface area contributed by atoms with Crippen LogP contribution in [0.5, 0.6) is 0 Å². The minimum absolute atomic E-state index is 0.0262. The molecule has 0 saturated heterocycles. The van der Waals surface area contributed by atoms with Crippen LogP contribution >= 0.6 is 0 Å². The summed E-state index contributed by atoms with van der Waals surface area (Å²) >= 11 is 0. The number of guanidine groups is 1. The predicted octanol–water partition coefficient (Wildman–Crippen LogP) is 1.93. The van der Waals surface area contributed by atoms with Crippen molar-refractivity contribution in [2.24, 2.45) is 4.99 Å². The number of hydrogen-bond acceptors (Lipinski definition) is 5. The van der Waals surface area contributed by atoms with Crippen LogP contribution in [-0.4, -0.2) is 58.0 Å². The molecular formula is C19H32N4O4S. The number of carbonyl (C=O) groups excluding carboxylic acids is 1. The summed E-state index contributed by atoms with van der Waals surface area (Å²) in [6.45, 7) is 9.20. The van der Waals surface area contributed by atoms with E-state index in [1.54, 1.807) is 30.3 Å². The van der Waals surface area contributed by atoms with Crippen LogP contribution in [0.3, 0.4) is 0 Å². The molecule has 28 heavy (non-hydrogen) atoms. The van der Waals surface area contributed by atoms with Gasteiger partial charge in [-0.1, -0.05) is 18.2 Å². The molecule has 0 aliphatic heterocycles. The van der Waals surface area contributed by atoms with Gasteiger partial charge in [0, 0.05) is 26.2 Å². The minimum Gasteiger partial charge on any atom is -0.444 e. The van der Waals surface area contributed by atoms with Gasteiger partial charge in [-0.25, -0.2) is 13.2 Å². The molecular weight excluding hydrogens is 380 g/mol. The van der Waals surface area contributed by atoms with Gasteiger partial charge in [0.15, 0.2) is 15.8 Å². The lowest BCUT2D eigenvalue weighted by Crippen LogP contribution is -2.39. The largest absolute Gasteiger partial charge is 0.444 e. The van der Waals surface area contributed by atoms with Gasteiger partial charge in [-0.05, 0) is 46.2 Å². The molecule has 158 valence electrons. The van der Waals surface area contributed by atoms with Gasteiger partial charge in [0.25, 0.3) is 0 Å². The molecule has 1 aromatic rings. The van der Waals surface area contributed by atoms with E-state index in [1.165, 1.54) is 0 Å². The maximum atomic E-state index is 12.3. The number of sulfone groups is 1. The molecule has 3 N–H and O–H groups in total. The molecule has 0 bridgehead atoms. The van der Waals surface area contributed by atoms with Crippen LogP contribution in [0.15, 0.2) is 40.2 Å². The molecule has 1 aromatic carbocycles. The molecule has 0 radical (unpaired) electrons. The van der Waals surface area contributed by atoms with Gasteiger partial charge in [-0.3, -0.25) is 4.99 Å². The van der Waals surface area contributed by atoms with E-state index in [9.17, 15) is 13.2 Å². The SMILES string of the molecule is CCNC(=NCCCNC(=O)OC(C)(C)C)NCCS(=O)(=O)c1ccccc1. The van der Waals surface area contributed by atoms with Gasteiger partial charge in [-0.15, -0.1) is 0 Å². The Bertz CT molecular complexity index is 728. The summed E-state index contributed by atoms with van der Waals surface area (Å²) in [5.41, 5.74) is -0.523. The summed E-state index contributed by atoms with van der Waals surface area (Å²) in [6, 6.07) is 8.37. The van der Waals surface area contributed by atoms with Crippen LogP contribution in [0.1, 0.15) is 34.1 Å². The number of alkyl carbamates (subject to hydrolysis) is 1. The Morgan fingerprint density at radius 1 is 1.07 bits per heavy atom. The molecule has 0 aromatic heterocycles. The Labute approximate surface area is 168 Å². The monoisotopic (exact) mass is 412 g/mol. The predicted molar refractivity (Wildman–Crippen MR) is 111 cm³/mol. The number of benzene rings is 1. The van der Waals surface area contributed by atoms with Gasteiger partial charge in [0.1, 0.15) is 5.60 Å². The van der Waals surface area contributed by atoms with Gasteiger partial charge in [-0.2, -0.15) is 0 Å². The molecule has 0 fully saturated rings. The van der Waals surface area contributed by atoms with Crippen LogP contribution in [0.2, 0.25) is 0 Å². The van der Waals surface area contributed by atoms with E-state index in [1.807, 2.05) is 27.7 Å². The highest BCUT2D eigenvalue weighted by Gasteiger charge is 2.15. The van der Waals surface area contributed by atoms with Crippen molar-refractivity contribution >= 4 is 21.9 Å². The lowest BCUT2D eigenvalue weighted by atomic mass is 10.2. The Morgan fingerprint density at radius 3 is 2.36 bits per heavy atom. The lowest BCUT2D eigenvalue weighted by molar-refractivity contribution is 0.0527. The summed E-state index contributed by atoms with van der Waals surface area (Å²) in [4.78, 5) is 16.3. The Kier molecular flexibility index (Phi) is 9.78. The zero-order chi connectivity index (χ0) is 21.0. The van der Waals surface area contributed by atoms with Crippen molar-refractivity contribution < 1.29 is 17.9 Å². The Morgan fingerprint density at radius 2 is 1.75 bits per heavy atom. The zero-order valence-electron chi connectivity index (χ0n) is 17.1. The molecule has 0 atom stereocenters. The molecule has 0 heterocycles. The van der Waals surface area contributed by atoms with Gasteiger partial charge in [0.05, 0.1) is 10.6 Å². The lowest BCUT2D eigenvalue weighted by Gasteiger charge is -2.19. The first-order chi connectivity index (χ1) is 13.1. The highest BCUT2D eigenvalue weighted by molar-refractivity contribution is 7.91. The number of ether oxygens (including phenoxy) is 1. The molecule has 0 unspecified atom stereocenters. The van der Waals surface area contributed by atoms with Gasteiger partial charge < -0.3 is 20.7 Å². The molecule has 1 rings (SSSR count). The van der Waals surface area contributed by atoms with Crippen LogP contribution in [0.4, 0.5) is 4.79 Å². The number of nitrogens with zero attached hydrogens (tertiary/aromatic N) is 1. The first kappa shape index (κ1) is 23.7. The van der Waals surface area contributed by atoms with Crippen molar-refractivity contribution in [2.45, 2.75) is 44.6 Å². The second kappa shape index (κ2) is 11.5. The van der Waals surface area contributed by atoms with E-state index in [4.69, 9.17) is 4.74 Å². The van der Waals surface area contributed by atoms with Crippen LogP contribution in [0, 0.1) is 0 Å². The topological polar surface area (TPSA) is 109 Å². The fourth-order valence-electron chi connectivity index (χ4n) is 2.17. The third kappa shape index (κ3) is 10.1. The van der Waals surface area contributed by atoms with E-state index in [0.29, 0.717) is 36.9 Å². The maximum Gasteiger partial charge on any atom is 0.407 e. The third-order valence-electron chi connectivity index (χ3n) is 3.38. The quantitative estimate of drug-likeness (QED) is 0.325. The zero-order valence-corrected chi connectivity index (χ0v) is 17.9. The molecule has 0 saturated carbocycles. The highest BCUT2D eigenvalue weighted by Crippen LogP contribution is 2.09. The van der Waals surface area contributed by atoms with E-state index in [2.05, 4.69) is 20.9 Å². The third-order valence-corrected chi connectivity index (χ3v) is 5.11. The van der Waals surface area contributed by atoms with E-state index >= 15 is 0 Å². The van der Waals surface area contributed by atoms with Gasteiger partial charge in [0.2, 0.25) is 0 Å². The molecule has 8 nitrogen and oxygen atoms in total. The molecule has 0 spiro atoms. The van der Waals surface area contributed by atoms with Crippen LogP contribution in [-0.2, 0) is 14.6 Å². The van der Waals surface area contributed by atoms with Crippen molar-refractivity contribution in [3.8, 4) is 0 Å². The number of rotatable bonds is 9. The summed E-state index contributed by atoms with van der Waals surface area (Å²) in [5.74, 6) is 0.518. The normalized spacial score (nSPS) is 12.4. The number of amides is 1. The van der Waals surface area contributed by atoms with E-state index < -0.39 is 21.5 Å². The molecule has 9 heteroatoms. The Balaban J connectivity index is 2.38. The number of hydrogen-bond donors (Lipinski definition) is 3.